The van der Waals surface area contributed by atoms with Crippen LogP contribution in [0.4, 0.5) is 4.39 Å². The molecule has 0 aliphatic heterocycles. The molecule has 0 saturated carbocycles. The molecule has 1 aromatic carbocycles. The molecule has 1 nitrogen and oxygen atoms in total. The minimum atomic E-state index is -0.0934. The van der Waals surface area contributed by atoms with Crippen LogP contribution in [0.1, 0.15) is 41.0 Å². The number of benzene rings is 1. The van der Waals surface area contributed by atoms with Crippen molar-refractivity contribution in [3.63, 3.8) is 0 Å². The molecule has 19 heavy (non-hydrogen) atoms. The van der Waals surface area contributed by atoms with Crippen LogP contribution < -0.4 is 5.32 Å². The van der Waals surface area contributed by atoms with E-state index in [-0.39, 0.29) is 11.9 Å². The second-order valence-corrected chi connectivity index (χ2v) is 5.85. The van der Waals surface area contributed by atoms with Crippen molar-refractivity contribution in [1.82, 2.24) is 5.32 Å². The van der Waals surface area contributed by atoms with Gasteiger partial charge in [-0.25, -0.2) is 4.39 Å². The summed E-state index contributed by atoms with van der Waals surface area (Å²) in [5, 5.41) is 5.63. The van der Waals surface area contributed by atoms with E-state index in [1.165, 1.54) is 4.88 Å². The Morgan fingerprint density at radius 2 is 1.95 bits per heavy atom. The maximum Gasteiger partial charge on any atom is 0.129 e. The fourth-order valence-electron chi connectivity index (χ4n) is 2.27. The number of nitrogens with one attached hydrogen (secondary N) is 1. The third-order valence-electron chi connectivity index (χ3n) is 3.22. The zero-order valence-electron chi connectivity index (χ0n) is 11.7. The Balaban J connectivity index is 2.38. The van der Waals surface area contributed by atoms with Crippen molar-refractivity contribution in [3.05, 3.63) is 57.0 Å². The fraction of sp³-hybridized carbons (Fsp3) is 0.375. The van der Waals surface area contributed by atoms with E-state index in [1.807, 2.05) is 26.0 Å². The molecule has 0 spiro atoms. The van der Waals surface area contributed by atoms with Gasteiger partial charge in [0.15, 0.2) is 0 Å². The normalized spacial score (nSPS) is 12.6. The van der Waals surface area contributed by atoms with Crippen LogP contribution in [0.2, 0.25) is 0 Å². The van der Waals surface area contributed by atoms with Crippen molar-refractivity contribution in [2.24, 2.45) is 0 Å². The van der Waals surface area contributed by atoms with E-state index in [0.29, 0.717) is 0 Å². The van der Waals surface area contributed by atoms with Crippen LogP contribution >= 0.6 is 11.3 Å². The Hall–Kier alpha value is -1.19. The van der Waals surface area contributed by atoms with Gasteiger partial charge in [-0.05, 0) is 54.9 Å². The Morgan fingerprint density at radius 1 is 1.26 bits per heavy atom. The second kappa shape index (κ2) is 6.31. The summed E-state index contributed by atoms with van der Waals surface area (Å²) >= 11 is 1.74. The lowest BCUT2D eigenvalue weighted by Gasteiger charge is -2.19. The summed E-state index contributed by atoms with van der Waals surface area (Å²) in [5.74, 6) is -0.0934. The number of hydrogen-bond acceptors (Lipinski definition) is 2. The van der Waals surface area contributed by atoms with Crippen molar-refractivity contribution < 1.29 is 4.39 Å². The molecule has 2 rings (SSSR count). The van der Waals surface area contributed by atoms with Gasteiger partial charge in [-0.3, -0.25) is 0 Å². The molecule has 2 aromatic rings. The predicted octanol–water partition coefficient (Wildman–Crippen LogP) is 4.59. The number of hydrogen-bond donors (Lipinski definition) is 1. The zero-order valence-corrected chi connectivity index (χ0v) is 12.5. The lowest BCUT2D eigenvalue weighted by molar-refractivity contribution is 0.590. The molecule has 1 atom stereocenters. The Labute approximate surface area is 118 Å². The first-order valence-corrected chi connectivity index (χ1v) is 7.55. The summed E-state index contributed by atoms with van der Waals surface area (Å²) < 4.78 is 13.8. The summed E-state index contributed by atoms with van der Waals surface area (Å²) in [7, 11) is 0. The number of aryl methyl sites for hydroxylation is 2. The third-order valence-corrected chi connectivity index (χ3v) is 4.16. The van der Waals surface area contributed by atoms with Crippen LogP contribution in [0, 0.1) is 19.7 Å². The molecule has 0 aliphatic carbocycles. The Morgan fingerprint density at radius 3 is 2.47 bits per heavy atom. The van der Waals surface area contributed by atoms with Gasteiger partial charge >= 0.3 is 0 Å². The first-order chi connectivity index (χ1) is 9.13. The Bertz CT molecular complexity index is 511. The summed E-state index contributed by atoms with van der Waals surface area (Å²) in [6, 6.07) is 8.26. The number of halogens is 1. The van der Waals surface area contributed by atoms with Gasteiger partial charge < -0.3 is 5.32 Å². The van der Waals surface area contributed by atoms with Gasteiger partial charge in [0.1, 0.15) is 5.82 Å². The first kappa shape index (κ1) is 14.2. The van der Waals surface area contributed by atoms with E-state index in [4.69, 9.17) is 0 Å². The fourth-order valence-corrected chi connectivity index (χ4v) is 3.10. The maximum absolute atomic E-state index is 13.8. The smallest absolute Gasteiger partial charge is 0.129 e. The highest BCUT2D eigenvalue weighted by molar-refractivity contribution is 7.10. The molecular weight excluding hydrogens is 257 g/mol. The van der Waals surface area contributed by atoms with Gasteiger partial charge in [0, 0.05) is 4.88 Å². The van der Waals surface area contributed by atoms with Gasteiger partial charge in [0.05, 0.1) is 6.04 Å². The Kier molecular flexibility index (Phi) is 4.72. The number of rotatable bonds is 5. The van der Waals surface area contributed by atoms with E-state index < -0.39 is 0 Å². The average Bonchev–Trinajstić information content (AvgIpc) is 2.90. The molecule has 3 heteroatoms. The molecule has 0 bridgehead atoms. The van der Waals surface area contributed by atoms with E-state index >= 15 is 0 Å². The monoisotopic (exact) mass is 277 g/mol. The topological polar surface area (TPSA) is 12.0 Å². The largest absolute Gasteiger partial charge is 0.306 e. The SMILES string of the molecule is CCCNC(c1cc(C)c(F)c(C)c1)c1cccs1. The van der Waals surface area contributed by atoms with E-state index in [1.54, 1.807) is 11.3 Å². The summed E-state index contributed by atoms with van der Waals surface area (Å²) in [4.78, 5) is 1.28. The minimum Gasteiger partial charge on any atom is -0.306 e. The van der Waals surface area contributed by atoms with E-state index in [0.717, 1.165) is 29.7 Å². The highest BCUT2D eigenvalue weighted by Gasteiger charge is 2.16. The zero-order chi connectivity index (χ0) is 13.8. The third kappa shape index (κ3) is 3.23. The molecule has 1 unspecified atom stereocenters. The molecule has 0 aliphatic rings. The van der Waals surface area contributed by atoms with Gasteiger partial charge in [0.2, 0.25) is 0 Å². The molecule has 102 valence electrons. The highest BCUT2D eigenvalue weighted by atomic mass is 32.1. The van der Waals surface area contributed by atoms with Crippen LogP contribution in [0.25, 0.3) is 0 Å². The van der Waals surface area contributed by atoms with Crippen LogP contribution in [0.5, 0.6) is 0 Å². The molecule has 1 heterocycles. The van der Waals surface area contributed by atoms with Gasteiger partial charge in [-0.2, -0.15) is 0 Å². The summed E-state index contributed by atoms with van der Waals surface area (Å²) in [6.07, 6.45) is 1.08. The van der Waals surface area contributed by atoms with Gasteiger partial charge in [-0.1, -0.05) is 25.1 Å². The van der Waals surface area contributed by atoms with Gasteiger partial charge in [0.25, 0.3) is 0 Å². The van der Waals surface area contributed by atoms with Crippen molar-refractivity contribution in [2.75, 3.05) is 6.54 Å². The van der Waals surface area contributed by atoms with Crippen LogP contribution in [-0.4, -0.2) is 6.54 Å². The number of thiophene rings is 1. The highest BCUT2D eigenvalue weighted by Crippen LogP contribution is 2.28. The summed E-state index contributed by atoms with van der Waals surface area (Å²) in [5.41, 5.74) is 2.58. The van der Waals surface area contributed by atoms with Crippen molar-refractivity contribution in [3.8, 4) is 0 Å². The molecular formula is C16H20FNS. The predicted molar refractivity (Wildman–Crippen MR) is 80.3 cm³/mol. The second-order valence-electron chi connectivity index (χ2n) is 4.87. The lowest BCUT2D eigenvalue weighted by atomic mass is 9.99. The minimum absolute atomic E-state index is 0.0934. The molecule has 0 radical (unpaired) electrons. The first-order valence-electron chi connectivity index (χ1n) is 6.67. The van der Waals surface area contributed by atoms with E-state index in [9.17, 15) is 4.39 Å². The quantitative estimate of drug-likeness (QED) is 0.842. The standard InChI is InChI=1S/C16H20FNS/c1-4-7-18-16(14-6-5-8-19-14)13-9-11(2)15(17)12(3)10-13/h5-6,8-10,16,18H,4,7H2,1-3H3. The molecule has 0 amide bonds. The van der Waals surface area contributed by atoms with Crippen molar-refractivity contribution in [1.29, 1.82) is 0 Å². The summed E-state index contributed by atoms with van der Waals surface area (Å²) in [6.45, 7) is 6.77. The molecule has 1 aromatic heterocycles. The van der Waals surface area contributed by atoms with Crippen molar-refractivity contribution >= 4 is 11.3 Å². The van der Waals surface area contributed by atoms with Crippen LogP contribution in [0.3, 0.4) is 0 Å². The average molecular weight is 277 g/mol. The lowest BCUT2D eigenvalue weighted by Crippen LogP contribution is -2.22. The molecule has 0 fully saturated rings. The maximum atomic E-state index is 13.8. The molecule has 1 N–H and O–H groups in total. The van der Waals surface area contributed by atoms with Gasteiger partial charge in [-0.15, -0.1) is 11.3 Å². The van der Waals surface area contributed by atoms with E-state index in [2.05, 4.69) is 29.8 Å². The van der Waals surface area contributed by atoms with Crippen LogP contribution in [0.15, 0.2) is 29.6 Å². The van der Waals surface area contributed by atoms with Crippen molar-refractivity contribution in [2.45, 2.75) is 33.2 Å². The molecule has 0 saturated heterocycles. The van der Waals surface area contributed by atoms with Crippen LogP contribution in [-0.2, 0) is 0 Å².